The van der Waals surface area contributed by atoms with Gasteiger partial charge in [0.1, 0.15) is 6.04 Å². The van der Waals surface area contributed by atoms with E-state index in [0.29, 0.717) is 30.8 Å². The zero-order valence-corrected chi connectivity index (χ0v) is 17.8. The molecule has 1 heterocycles. The SMILES string of the molecule is CC(C)COC(=O)CCNC(=O)N[C@H]1CCN(c2ccc(C(N)=NO)cc2)C1=O.Cl. The predicted molar refractivity (Wildman–Crippen MR) is 114 cm³/mol. The van der Waals surface area contributed by atoms with Crippen LogP contribution in [0.5, 0.6) is 0 Å². The summed E-state index contributed by atoms with van der Waals surface area (Å²) < 4.78 is 5.03. The van der Waals surface area contributed by atoms with Gasteiger partial charge in [0.15, 0.2) is 5.84 Å². The monoisotopic (exact) mass is 441 g/mol. The second-order valence-corrected chi connectivity index (χ2v) is 7.09. The second kappa shape index (κ2) is 11.9. The van der Waals surface area contributed by atoms with Crippen molar-refractivity contribution in [2.45, 2.75) is 32.7 Å². The number of halogens is 1. The molecule has 5 N–H and O–H groups in total. The minimum atomic E-state index is -0.647. The number of urea groups is 1. The van der Waals surface area contributed by atoms with Crippen molar-refractivity contribution in [3.63, 3.8) is 0 Å². The molecule has 0 spiro atoms. The van der Waals surface area contributed by atoms with Gasteiger partial charge in [-0.3, -0.25) is 9.59 Å². The van der Waals surface area contributed by atoms with Gasteiger partial charge in [-0.25, -0.2) is 4.79 Å². The Morgan fingerprint density at radius 1 is 1.33 bits per heavy atom. The summed E-state index contributed by atoms with van der Waals surface area (Å²) in [5.74, 6) is -0.373. The molecule has 0 aliphatic carbocycles. The minimum absolute atomic E-state index is 0. The third-order valence-corrected chi connectivity index (χ3v) is 4.29. The van der Waals surface area contributed by atoms with E-state index in [4.69, 9.17) is 15.7 Å². The van der Waals surface area contributed by atoms with Crippen molar-refractivity contribution in [2.24, 2.45) is 16.8 Å². The number of rotatable bonds is 8. The Bertz CT molecular complexity index is 769. The molecule has 0 radical (unpaired) electrons. The van der Waals surface area contributed by atoms with Gasteiger partial charge in [0, 0.05) is 24.3 Å². The fourth-order valence-electron chi connectivity index (χ4n) is 2.76. The summed E-state index contributed by atoms with van der Waals surface area (Å²) in [5, 5.41) is 16.8. The molecular weight excluding hydrogens is 414 g/mol. The number of ether oxygens (including phenoxy) is 1. The van der Waals surface area contributed by atoms with Crippen LogP contribution in [0.15, 0.2) is 29.4 Å². The van der Waals surface area contributed by atoms with Crippen LogP contribution < -0.4 is 21.3 Å². The molecule has 30 heavy (non-hydrogen) atoms. The highest BCUT2D eigenvalue weighted by atomic mass is 35.5. The summed E-state index contributed by atoms with van der Waals surface area (Å²) in [6.07, 6.45) is 0.530. The highest BCUT2D eigenvalue weighted by Crippen LogP contribution is 2.22. The molecule has 1 atom stereocenters. The van der Waals surface area contributed by atoms with Crippen molar-refractivity contribution in [1.29, 1.82) is 0 Å². The van der Waals surface area contributed by atoms with E-state index in [1.807, 2.05) is 13.8 Å². The van der Waals surface area contributed by atoms with Gasteiger partial charge in [0.2, 0.25) is 5.91 Å². The standard InChI is InChI=1S/C19H27N5O5.ClH/c1-12(2)11-29-16(25)7-9-21-19(27)22-15-8-10-24(18(15)26)14-5-3-13(4-6-14)17(20)23-28;/h3-6,12,15,28H,7-11H2,1-2H3,(H2,20,23)(H2,21,22,27);1H/t15-;/m0./s1. The van der Waals surface area contributed by atoms with E-state index < -0.39 is 12.1 Å². The molecule has 1 aliphatic rings. The van der Waals surface area contributed by atoms with Crippen molar-refractivity contribution in [2.75, 3.05) is 24.6 Å². The van der Waals surface area contributed by atoms with Crippen molar-refractivity contribution < 1.29 is 24.3 Å². The average molecular weight is 442 g/mol. The molecule has 1 aromatic carbocycles. The molecule has 1 fully saturated rings. The number of amidine groups is 1. The van der Waals surface area contributed by atoms with Gasteiger partial charge in [-0.1, -0.05) is 19.0 Å². The van der Waals surface area contributed by atoms with Crippen LogP contribution in [0.4, 0.5) is 10.5 Å². The number of benzene rings is 1. The van der Waals surface area contributed by atoms with Crippen LogP contribution in [0.2, 0.25) is 0 Å². The molecule has 0 bridgehead atoms. The van der Waals surface area contributed by atoms with Gasteiger partial charge in [0.25, 0.3) is 0 Å². The molecule has 2 rings (SSSR count). The number of hydrogen-bond donors (Lipinski definition) is 4. The number of hydrogen-bond acceptors (Lipinski definition) is 6. The first-order valence-corrected chi connectivity index (χ1v) is 9.41. The molecule has 1 aliphatic heterocycles. The highest BCUT2D eigenvalue weighted by molar-refractivity contribution is 6.02. The fraction of sp³-hybridized carbons (Fsp3) is 0.474. The van der Waals surface area contributed by atoms with Gasteiger partial charge in [0.05, 0.1) is 13.0 Å². The number of anilines is 1. The summed E-state index contributed by atoms with van der Waals surface area (Å²) in [5.41, 5.74) is 6.71. The summed E-state index contributed by atoms with van der Waals surface area (Å²) in [6.45, 7) is 4.80. The first-order valence-electron chi connectivity index (χ1n) is 9.41. The van der Waals surface area contributed by atoms with Gasteiger partial charge in [-0.2, -0.15) is 0 Å². The van der Waals surface area contributed by atoms with Crippen molar-refractivity contribution in [3.05, 3.63) is 29.8 Å². The third-order valence-electron chi connectivity index (χ3n) is 4.29. The number of esters is 1. The maximum Gasteiger partial charge on any atom is 0.315 e. The van der Waals surface area contributed by atoms with Crippen LogP contribution in [-0.2, 0) is 14.3 Å². The van der Waals surface area contributed by atoms with E-state index >= 15 is 0 Å². The van der Waals surface area contributed by atoms with Crippen LogP contribution in [0.3, 0.4) is 0 Å². The lowest BCUT2D eigenvalue weighted by molar-refractivity contribution is -0.144. The van der Waals surface area contributed by atoms with Gasteiger partial charge >= 0.3 is 12.0 Å². The summed E-state index contributed by atoms with van der Waals surface area (Å²) in [6, 6.07) is 5.51. The Kier molecular flexibility index (Phi) is 9.90. The largest absolute Gasteiger partial charge is 0.465 e. The van der Waals surface area contributed by atoms with E-state index in [1.54, 1.807) is 29.2 Å². The maximum absolute atomic E-state index is 12.6. The Labute approximate surface area is 181 Å². The first kappa shape index (κ1) is 25.0. The minimum Gasteiger partial charge on any atom is -0.465 e. The lowest BCUT2D eigenvalue weighted by atomic mass is 10.2. The number of carbonyl (C=O) groups is 3. The maximum atomic E-state index is 12.6. The molecule has 10 nitrogen and oxygen atoms in total. The normalized spacial score (nSPS) is 16.2. The van der Waals surface area contributed by atoms with Crippen molar-refractivity contribution in [1.82, 2.24) is 10.6 Å². The summed E-state index contributed by atoms with van der Waals surface area (Å²) >= 11 is 0. The lowest BCUT2D eigenvalue weighted by Gasteiger charge is -2.18. The number of amides is 3. The molecule has 1 aromatic rings. The Hall–Kier alpha value is -3.01. The smallest absolute Gasteiger partial charge is 0.315 e. The van der Waals surface area contributed by atoms with Gasteiger partial charge < -0.3 is 31.2 Å². The lowest BCUT2D eigenvalue weighted by Crippen LogP contribution is -2.46. The molecule has 0 saturated carbocycles. The average Bonchev–Trinajstić information content (AvgIpc) is 3.06. The molecule has 1 saturated heterocycles. The molecule has 0 unspecified atom stereocenters. The highest BCUT2D eigenvalue weighted by Gasteiger charge is 2.33. The molecule has 11 heteroatoms. The van der Waals surface area contributed by atoms with Gasteiger partial charge in [-0.15, -0.1) is 12.4 Å². The van der Waals surface area contributed by atoms with Crippen LogP contribution >= 0.6 is 12.4 Å². The zero-order chi connectivity index (χ0) is 21.4. The van der Waals surface area contributed by atoms with Crippen LogP contribution in [0.1, 0.15) is 32.3 Å². The van der Waals surface area contributed by atoms with E-state index in [1.165, 1.54) is 0 Å². The Morgan fingerprint density at radius 2 is 2.00 bits per heavy atom. The first-order chi connectivity index (χ1) is 13.8. The fourth-order valence-corrected chi connectivity index (χ4v) is 2.76. The van der Waals surface area contributed by atoms with Gasteiger partial charge in [-0.05, 0) is 36.6 Å². The molecule has 3 amide bonds. The number of oxime groups is 1. The number of nitrogens with one attached hydrogen (secondary N) is 2. The Balaban J connectivity index is 0.00000450. The van der Waals surface area contributed by atoms with Crippen LogP contribution in [0, 0.1) is 5.92 Å². The topological polar surface area (TPSA) is 146 Å². The predicted octanol–water partition coefficient (Wildman–Crippen LogP) is 1.20. The Morgan fingerprint density at radius 3 is 2.60 bits per heavy atom. The number of carbonyl (C=O) groups excluding carboxylic acids is 3. The van der Waals surface area contributed by atoms with Crippen LogP contribution in [-0.4, -0.2) is 54.7 Å². The second-order valence-electron chi connectivity index (χ2n) is 7.09. The van der Waals surface area contributed by atoms with E-state index in [-0.39, 0.29) is 49.0 Å². The molecular formula is C19H28ClN5O5. The number of nitrogens with zero attached hydrogens (tertiary/aromatic N) is 2. The van der Waals surface area contributed by atoms with Crippen molar-refractivity contribution >= 4 is 41.8 Å². The van der Waals surface area contributed by atoms with Crippen molar-refractivity contribution in [3.8, 4) is 0 Å². The van der Waals surface area contributed by atoms with Crippen LogP contribution in [0.25, 0.3) is 0 Å². The van der Waals surface area contributed by atoms with E-state index in [0.717, 1.165) is 0 Å². The van der Waals surface area contributed by atoms with E-state index in [9.17, 15) is 14.4 Å². The molecule has 0 aromatic heterocycles. The zero-order valence-electron chi connectivity index (χ0n) is 17.0. The van der Waals surface area contributed by atoms with E-state index in [2.05, 4.69) is 15.8 Å². The quantitative estimate of drug-likeness (QED) is 0.157. The summed E-state index contributed by atoms with van der Waals surface area (Å²) in [4.78, 5) is 37.6. The molecule has 166 valence electrons. The summed E-state index contributed by atoms with van der Waals surface area (Å²) in [7, 11) is 0. The number of nitrogens with two attached hydrogens (primary N) is 1. The third kappa shape index (κ3) is 7.11.